The summed E-state index contributed by atoms with van der Waals surface area (Å²) in [6.07, 6.45) is 1.80. The zero-order valence-corrected chi connectivity index (χ0v) is 18.0. The van der Waals surface area contributed by atoms with Crippen molar-refractivity contribution in [3.8, 4) is 17.0 Å². The van der Waals surface area contributed by atoms with Gasteiger partial charge >= 0.3 is 0 Å². The first-order chi connectivity index (χ1) is 16.1. The number of carbonyl (C=O) groups is 1. The number of halogens is 1. The largest absolute Gasteiger partial charge is 0.497 e. The van der Waals surface area contributed by atoms with Gasteiger partial charge in [-0.15, -0.1) is 0 Å². The van der Waals surface area contributed by atoms with Gasteiger partial charge in [0, 0.05) is 29.1 Å². The second-order valence-electron chi connectivity index (χ2n) is 7.68. The van der Waals surface area contributed by atoms with Gasteiger partial charge in [0.15, 0.2) is 0 Å². The molecule has 3 aromatic carbocycles. The van der Waals surface area contributed by atoms with Crippen molar-refractivity contribution in [2.24, 2.45) is 0 Å². The van der Waals surface area contributed by atoms with Crippen LogP contribution in [0.15, 0.2) is 79.0 Å². The van der Waals surface area contributed by atoms with Gasteiger partial charge in [0.05, 0.1) is 18.1 Å². The van der Waals surface area contributed by atoms with E-state index >= 15 is 0 Å². The maximum Gasteiger partial charge on any atom is 0.242 e. The van der Waals surface area contributed by atoms with Gasteiger partial charge in [-0.1, -0.05) is 42.5 Å². The number of nitrogens with zero attached hydrogens (tertiary/aromatic N) is 3. The zero-order chi connectivity index (χ0) is 22.8. The molecule has 6 nitrogen and oxygen atoms in total. The number of nitrogens with one attached hydrogen (secondary N) is 1. The van der Waals surface area contributed by atoms with Crippen molar-refractivity contribution in [1.82, 2.24) is 20.1 Å². The van der Waals surface area contributed by atoms with Gasteiger partial charge in [0.25, 0.3) is 0 Å². The van der Waals surface area contributed by atoms with Crippen LogP contribution in [0.4, 0.5) is 4.39 Å². The van der Waals surface area contributed by atoms with E-state index in [0.717, 1.165) is 38.6 Å². The minimum absolute atomic E-state index is 0.0286. The zero-order valence-electron chi connectivity index (χ0n) is 18.0. The first kappa shape index (κ1) is 20.6. The highest BCUT2D eigenvalue weighted by atomic mass is 19.1. The predicted octanol–water partition coefficient (Wildman–Crippen LogP) is 4.72. The third-order valence-corrected chi connectivity index (χ3v) is 5.52. The Kier molecular flexibility index (Phi) is 5.44. The SMILES string of the molecule is COc1ccc2ncc3c(-c4ccccc4)nn(CC(=O)NCc4ccc(F)cc4)c3c2c1. The average Bonchev–Trinajstić information content (AvgIpc) is 3.22. The molecule has 0 fully saturated rings. The van der Waals surface area contributed by atoms with Gasteiger partial charge in [0.1, 0.15) is 23.8 Å². The Morgan fingerprint density at radius 1 is 1.03 bits per heavy atom. The monoisotopic (exact) mass is 440 g/mol. The number of methoxy groups -OCH3 is 1. The normalized spacial score (nSPS) is 11.1. The smallest absolute Gasteiger partial charge is 0.242 e. The van der Waals surface area contributed by atoms with Crippen LogP contribution in [-0.4, -0.2) is 27.8 Å². The number of hydrogen-bond acceptors (Lipinski definition) is 4. The molecular formula is C26H21FN4O2. The van der Waals surface area contributed by atoms with E-state index in [2.05, 4.69) is 10.3 Å². The lowest BCUT2D eigenvalue weighted by atomic mass is 10.1. The van der Waals surface area contributed by atoms with Crippen molar-refractivity contribution in [2.75, 3.05) is 7.11 Å². The van der Waals surface area contributed by atoms with Crippen molar-refractivity contribution in [1.29, 1.82) is 0 Å². The molecule has 0 spiro atoms. The molecule has 0 atom stereocenters. The summed E-state index contributed by atoms with van der Waals surface area (Å²) in [5.74, 6) is 0.195. The van der Waals surface area contributed by atoms with Crippen LogP contribution >= 0.6 is 0 Å². The second kappa shape index (κ2) is 8.70. The number of hydrogen-bond donors (Lipinski definition) is 1. The van der Waals surface area contributed by atoms with Gasteiger partial charge in [-0.05, 0) is 35.9 Å². The summed E-state index contributed by atoms with van der Waals surface area (Å²) in [4.78, 5) is 17.4. The summed E-state index contributed by atoms with van der Waals surface area (Å²) in [6.45, 7) is 0.334. The Hall–Kier alpha value is -4.26. The van der Waals surface area contributed by atoms with E-state index in [1.54, 1.807) is 30.1 Å². The van der Waals surface area contributed by atoms with Crippen LogP contribution in [0, 0.1) is 5.82 Å². The topological polar surface area (TPSA) is 69.0 Å². The number of carbonyl (C=O) groups excluding carboxylic acids is 1. The van der Waals surface area contributed by atoms with Crippen molar-refractivity contribution in [2.45, 2.75) is 13.1 Å². The van der Waals surface area contributed by atoms with Gasteiger partial charge in [-0.25, -0.2) is 4.39 Å². The minimum atomic E-state index is -0.308. The Morgan fingerprint density at radius 2 is 1.82 bits per heavy atom. The van der Waals surface area contributed by atoms with Crippen molar-refractivity contribution >= 4 is 27.7 Å². The van der Waals surface area contributed by atoms with Crippen molar-refractivity contribution < 1.29 is 13.9 Å². The Morgan fingerprint density at radius 3 is 2.58 bits per heavy atom. The highest BCUT2D eigenvalue weighted by Crippen LogP contribution is 2.33. The molecule has 0 saturated heterocycles. The molecule has 2 aromatic heterocycles. The number of fused-ring (bicyclic) bond motifs is 3. The summed E-state index contributed by atoms with van der Waals surface area (Å²) < 4.78 is 20.3. The van der Waals surface area contributed by atoms with Crippen LogP contribution in [-0.2, 0) is 17.9 Å². The van der Waals surface area contributed by atoms with E-state index in [-0.39, 0.29) is 18.3 Å². The fourth-order valence-electron chi connectivity index (χ4n) is 3.88. The number of aromatic nitrogens is 3. The number of rotatable bonds is 6. The molecule has 0 saturated carbocycles. The average molecular weight is 440 g/mol. The van der Waals surface area contributed by atoms with Crippen LogP contribution in [0.1, 0.15) is 5.56 Å². The lowest BCUT2D eigenvalue weighted by molar-refractivity contribution is -0.121. The Labute approximate surface area is 189 Å². The van der Waals surface area contributed by atoms with Gasteiger partial charge < -0.3 is 10.1 Å². The fourth-order valence-corrected chi connectivity index (χ4v) is 3.88. The molecule has 33 heavy (non-hydrogen) atoms. The first-order valence-electron chi connectivity index (χ1n) is 10.5. The molecular weight excluding hydrogens is 419 g/mol. The highest BCUT2D eigenvalue weighted by molar-refractivity contribution is 6.08. The van der Waals surface area contributed by atoms with Crippen molar-refractivity contribution in [3.05, 3.63) is 90.4 Å². The van der Waals surface area contributed by atoms with E-state index in [0.29, 0.717) is 12.3 Å². The molecule has 0 aliphatic carbocycles. The maximum absolute atomic E-state index is 13.1. The molecule has 1 amide bonds. The summed E-state index contributed by atoms with van der Waals surface area (Å²) >= 11 is 0. The van der Waals surface area contributed by atoms with E-state index in [9.17, 15) is 9.18 Å². The quantitative estimate of drug-likeness (QED) is 0.415. The maximum atomic E-state index is 13.1. The van der Waals surface area contributed by atoms with Crippen LogP contribution in [0.25, 0.3) is 33.1 Å². The number of ether oxygens (including phenoxy) is 1. The molecule has 0 unspecified atom stereocenters. The fraction of sp³-hybridized carbons (Fsp3) is 0.115. The highest BCUT2D eigenvalue weighted by Gasteiger charge is 2.18. The summed E-state index contributed by atoms with van der Waals surface area (Å²) in [6, 6.07) is 21.5. The molecule has 0 radical (unpaired) electrons. The summed E-state index contributed by atoms with van der Waals surface area (Å²) in [5.41, 5.74) is 4.12. The van der Waals surface area contributed by atoms with Gasteiger partial charge in [0.2, 0.25) is 5.91 Å². The molecule has 0 aliphatic rings. The lowest BCUT2D eigenvalue weighted by Crippen LogP contribution is -2.27. The molecule has 0 aliphatic heterocycles. The Bertz CT molecular complexity index is 1450. The molecule has 0 bridgehead atoms. The number of benzene rings is 3. The number of pyridine rings is 1. The molecule has 7 heteroatoms. The van der Waals surface area contributed by atoms with Crippen LogP contribution in [0.5, 0.6) is 5.75 Å². The third kappa shape index (κ3) is 4.13. The van der Waals surface area contributed by atoms with E-state index in [1.165, 1.54) is 12.1 Å². The Balaban J connectivity index is 1.55. The first-order valence-corrected chi connectivity index (χ1v) is 10.5. The van der Waals surface area contributed by atoms with Crippen LogP contribution in [0.3, 0.4) is 0 Å². The van der Waals surface area contributed by atoms with Crippen LogP contribution in [0.2, 0.25) is 0 Å². The third-order valence-electron chi connectivity index (χ3n) is 5.52. The molecule has 5 rings (SSSR count). The van der Waals surface area contributed by atoms with Gasteiger partial charge in [-0.3, -0.25) is 14.5 Å². The van der Waals surface area contributed by atoms with E-state index in [4.69, 9.17) is 9.84 Å². The van der Waals surface area contributed by atoms with Crippen LogP contribution < -0.4 is 10.1 Å². The molecule has 164 valence electrons. The standard InChI is InChI=1S/C26H21FN4O2/c1-33-20-11-12-23-21(13-20)26-22(15-28-23)25(18-5-3-2-4-6-18)30-31(26)16-24(32)29-14-17-7-9-19(27)10-8-17/h2-13,15H,14,16H2,1H3,(H,29,32). The molecule has 1 N–H and O–H groups in total. The molecule has 5 aromatic rings. The van der Waals surface area contributed by atoms with Crippen molar-refractivity contribution in [3.63, 3.8) is 0 Å². The summed E-state index contributed by atoms with van der Waals surface area (Å²) in [5, 5.41) is 9.40. The minimum Gasteiger partial charge on any atom is -0.497 e. The summed E-state index contributed by atoms with van der Waals surface area (Å²) in [7, 11) is 1.62. The number of amides is 1. The predicted molar refractivity (Wildman–Crippen MR) is 125 cm³/mol. The molecule has 2 heterocycles. The van der Waals surface area contributed by atoms with E-state index < -0.39 is 0 Å². The second-order valence-corrected chi connectivity index (χ2v) is 7.68. The van der Waals surface area contributed by atoms with Gasteiger partial charge in [-0.2, -0.15) is 5.10 Å². The lowest BCUT2D eigenvalue weighted by Gasteiger charge is -2.08. The van der Waals surface area contributed by atoms with E-state index in [1.807, 2.05) is 48.5 Å².